The van der Waals surface area contributed by atoms with Gasteiger partial charge in [-0.1, -0.05) is 24.3 Å². The smallest absolute Gasteiger partial charge is 0.0729 e. The fourth-order valence-electron chi connectivity index (χ4n) is 2.40. The molecule has 0 spiro atoms. The zero-order valence-electron chi connectivity index (χ0n) is 9.20. The van der Waals surface area contributed by atoms with E-state index in [4.69, 9.17) is 4.74 Å². The van der Waals surface area contributed by atoms with Crippen molar-refractivity contribution in [1.29, 1.82) is 0 Å². The second kappa shape index (κ2) is 4.33. The van der Waals surface area contributed by atoms with Crippen LogP contribution in [0.2, 0.25) is 0 Å². The van der Waals surface area contributed by atoms with E-state index in [1.54, 1.807) is 7.11 Å². The highest BCUT2D eigenvalue weighted by Crippen LogP contribution is 2.32. The van der Waals surface area contributed by atoms with Gasteiger partial charge in [0.15, 0.2) is 0 Å². The first-order valence-corrected chi connectivity index (χ1v) is 5.52. The van der Waals surface area contributed by atoms with Crippen LogP contribution in [0.1, 0.15) is 24.0 Å². The van der Waals surface area contributed by atoms with Crippen LogP contribution in [0.4, 0.5) is 0 Å². The predicted octanol–water partition coefficient (Wildman–Crippen LogP) is 1.94. The van der Waals surface area contributed by atoms with Gasteiger partial charge in [0.25, 0.3) is 0 Å². The van der Waals surface area contributed by atoms with Gasteiger partial charge in [-0.3, -0.25) is 0 Å². The lowest BCUT2D eigenvalue weighted by molar-refractivity contribution is 0.0327. The number of rotatable bonds is 4. The first kappa shape index (κ1) is 10.7. The standard InChI is InChI=1S/C13H18O2/c1-15-8-4-7-13(14)9-11-5-2-3-6-12(11)10-13/h2-3,5-6,14H,4,7-10H2,1H3. The summed E-state index contributed by atoms with van der Waals surface area (Å²) in [4.78, 5) is 0. The molecule has 1 N–H and O–H groups in total. The molecule has 0 amide bonds. The predicted molar refractivity (Wildman–Crippen MR) is 59.9 cm³/mol. The van der Waals surface area contributed by atoms with Crippen LogP contribution in [0.5, 0.6) is 0 Å². The van der Waals surface area contributed by atoms with Crippen LogP contribution in [0, 0.1) is 0 Å². The summed E-state index contributed by atoms with van der Waals surface area (Å²) in [5, 5.41) is 10.4. The summed E-state index contributed by atoms with van der Waals surface area (Å²) in [6.07, 6.45) is 3.36. The molecule has 0 unspecified atom stereocenters. The Bertz CT molecular complexity index is 308. The van der Waals surface area contributed by atoms with E-state index >= 15 is 0 Å². The molecule has 1 aliphatic carbocycles. The van der Waals surface area contributed by atoms with Crippen LogP contribution in [0.15, 0.2) is 24.3 Å². The van der Waals surface area contributed by atoms with Crippen molar-refractivity contribution in [2.45, 2.75) is 31.3 Å². The largest absolute Gasteiger partial charge is 0.389 e. The van der Waals surface area contributed by atoms with Gasteiger partial charge in [0.2, 0.25) is 0 Å². The van der Waals surface area contributed by atoms with Gasteiger partial charge in [0.1, 0.15) is 0 Å². The van der Waals surface area contributed by atoms with Crippen molar-refractivity contribution in [1.82, 2.24) is 0 Å². The molecule has 2 heteroatoms. The SMILES string of the molecule is COCCCC1(O)Cc2ccccc2C1. The maximum Gasteiger partial charge on any atom is 0.0729 e. The Morgan fingerprint density at radius 2 is 1.87 bits per heavy atom. The lowest BCUT2D eigenvalue weighted by Crippen LogP contribution is -2.29. The molecule has 0 radical (unpaired) electrons. The molecule has 0 saturated carbocycles. The fraction of sp³-hybridized carbons (Fsp3) is 0.538. The molecule has 0 heterocycles. The quantitative estimate of drug-likeness (QED) is 0.763. The van der Waals surface area contributed by atoms with Crippen molar-refractivity contribution in [2.75, 3.05) is 13.7 Å². The number of ether oxygens (including phenoxy) is 1. The highest BCUT2D eigenvalue weighted by molar-refractivity contribution is 5.35. The molecular formula is C13H18O2. The lowest BCUT2D eigenvalue weighted by atomic mass is 9.94. The van der Waals surface area contributed by atoms with Gasteiger partial charge >= 0.3 is 0 Å². The number of hydrogen-bond acceptors (Lipinski definition) is 2. The summed E-state index contributed by atoms with van der Waals surface area (Å²) in [7, 11) is 1.70. The van der Waals surface area contributed by atoms with Crippen molar-refractivity contribution in [3.05, 3.63) is 35.4 Å². The minimum Gasteiger partial charge on any atom is -0.389 e. The van der Waals surface area contributed by atoms with Gasteiger partial charge in [0, 0.05) is 26.6 Å². The molecule has 0 bridgehead atoms. The van der Waals surface area contributed by atoms with Crippen molar-refractivity contribution in [2.24, 2.45) is 0 Å². The molecule has 1 aliphatic rings. The molecule has 2 rings (SSSR count). The van der Waals surface area contributed by atoms with Crippen molar-refractivity contribution in [3.8, 4) is 0 Å². The summed E-state index contributed by atoms with van der Waals surface area (Å²) in [6.45, 7) is 0.735. The Labute approximate surface area is 90.9 Å². The number of benzene rings is 1. The Hall–Kier alpha value is -0.860. The molecule has 0 aromatic heterocycles. The minimum absolute atomic E-state index is 0.526. The van der Waals surface area contributed by atoms with Crippen LogP contribution in [-0.4, -0.2) is 24.4 Å². The van der Waals surface area contributed by atoms with E-state index in [1.165, 1.54) is 11.1 Å². The highest BCUT2D eigenvalue weighted by atomic mass is 16.5. The van der Waals surface area contributed by atoms with E-state index in [2.05, 4.69) is 12.1 Å². The van der Waals surface area contributed by atoms with Gasteiger partial charge < -0.3 is 9.84 Å². The van der Waals surface area contributed by atoms with Crippen LogP contribution in [0.3, 0.4) is 0 Å². The molecule has 15 heavy (non-hydrogen) atoms. The zero-order chi connectivity index (χ0) is 10.7. The number of hydrogen-bond donors (Lipinski definition) is 1. The zero-order valence-corrected chi connectivity index (χ0v) is 9.20. The third kappa shape index (κ3) is 2.39. The van der Waals surface area contributed by atoms with Gasteiger partial charge in [-0.15, -0.1) is 0 Å². The molecule has 0 aliphatic heterocycles. The Kier molecular flexibility index (Phi) is 3.08. The first-order valence-electron chi connectivity index (χ1n) is 5.52. The van der Waals surface area contributed by atoms with E-state index in [0.29, 0.717) is 0 Å². The summed E-state index contributed by atoms with van der Waals surface area (Å²) in [5.74, 6) is 0. The topological polar surface area (TPSA) is 29.5 Å². The van der Waals surface area contributed by atoms with Crippen molar-refractivity contribution >= 4 is 0 Å². The summed E-state index contributed by atoms with van der Waals surface area (Å²) in [5.41, 5.74) is 2.08. The average Bonchev–Trinajstić information content (AvgIpc) is 2.54. The summed E-state index contributed by atoms with van der Waals surface area (Å²) < 4.78 is 5.01. The van der Waals surface area contributed by atoms with Crippen LogP contribution < -0.4 is 0 Å². The number of fused-ring (bicyclic) bond motifs is 1. The minimum atomic E-state index is -0.526. The van der Waals surface area contributed by atoms with E-state index in [1.807, 2.05) is 12.1 Å². The molecule has 2 nitrogen and oxygen atoms in total. The molecule has 1 aromatic carbocycles. The fourth-order valence-corrected chi connectivity index (χ4v) is 2.40. The molecule has 0 fully saturated rings. The molecule has 82 valence electrons. The van der Waals surface area contributed by atoms with Crippen LogP contribution >= 0.6 is 0 Å². The molecule has 0 atom stereocenters. The van der Waals surface area contributed by atoms with E-state index < -0.39 is 5.60 Å². The third-order valence-electron chi connectivity index (χ3n) is 3.15. The van der Waals surface area contributed by atoms with Gasteiger partial charge in [-0.05, 0) is 24.0 Å². The van der Waals surface area contributed by atoms with E-state index in [0.717, 1.165) is 32.3 Å². The monoisotopic (exact) mass is 206 g/mol. The van der Waals surface area contributed by atoms with Gasteiger partial charge in [0.05, 0.1) is 5.60 Å². The van der Waals surface area contributed by atoms with Crippen LogP contribution in [0.25, 0.3) is 0 Å². The van der Waals surface area contributed by atoms with Gasteiger partial charge in [-0.2, -0.15) is 0 Å². The Balaban J connectivity index is 1.98. The van der Waals surface area contributed by atoms with Crippen LogP contribution in [-0.2, 0) is 17.6 Å². The summed E-state index contributed by atoms with van der Waals surface area (Å²) >= 11 is 0. The normalized spacial score (nSPS) is 17.7. The lowest BCUT2D eigenvalue weighted by Gasteiger charge is -2.21. The molecular weight excluding hydrogens is 188 g/mol. The second-order valence-electron chi connectivity index (χ2n) is 4.44. The second-order valence-corrected chi connectivity index (χ2v) is 4.44. The first-order chi connectivity index (χ1) is 7.23. The van der Waals surface area contributed by atoms with Gasteiger partial charge in [-0.25, -0.2) is 0 Å². The third-order valence-corrected chi connectivity index (χ3v) is 3.15. The van der Waals surface area contributed by atoms with Crippen molar-refractivity contribution in [3.63, 3.8) is 0 Å². The maximum atomic E-state index is 10.4. The highest BCUT2D eigenvalue weighted by Gasteiger charge is 2.33. The van der Waals surface area contributed by atoms with Crippen molar-refractivity contribution < 1.29 is 9.84 Å². The number of aliphatic hydroxyl groups is 1. The van der Waals surface area contributed by atoms with E-state index in [-0.39, 0.29) is 0 Å². The molecule has 0 saturated heterocycles. The number of methoxy groups -OCH3 is 1. The molecule has 1 aromatic rings. The Morgan fingerprint density at radius 3 is 2.40 bits per heavy atom. The van der Waals surface area contributed by atoms with E-state index in [9.17, 15) is 5.11 Å². The maximum absolute atomic E-state index is 10.4. The Morgan fingerprint density at radius 1 is 1.27 bits per heavy atom. The average molecular weight is 206 g/mol. The summed E-state index contributed by atoms with van der Waals surface area (Å²) in [6, 6.07) is 8.31.